The van der Waals surface area contributed by atoms with Gasteiger partial charge in [-0.3, -0.25) is 4.40 Å². The fourth-order valence-electron chi connectivity index (χ4n) is 2.89. The first-order valence-electron chi connectivity index (χ1n) is 8.21. The number of hydrogen-bond donors (Lipinski definition) is 0. The van der Waals surface area contributed by atoms with E-state index < -0.39 is 34.6 Å². The van der Waals surface area contributed by atoms with Crippen molar-refractivity contribution < 1.29 is 26.3 Å². The molecule has 0 radical (unpaired) electrons. The standard InChI is InChI=1S/C19H10F6N4/c20-18(21,22)13-10-14(19(23,24)25)26-17-12(13)7-9-16-28-27-15(29(16)17)8-6-11-4-2-1-3-5-11/h1-10H/b8-6+. The summed E-state index contributed by atoms with van der Waals surface area (Å²) in [6, 6.07) is 11.2. The van der Waals surface area contributed by atoms with E-state index in [4.69, 9.17) is 0 Å². The average Bonchev–Trinajstić information content (AvgIpc) is 3.08. The Hall–Kier alpha value is -3.43. The van der Waals surface area contributed by atoms with Gasteiger partial charge in [-0.1, -0.05) is 36.4 Å². The zero-order chi connectivity index (χ0) is 20.8. The van der Waals surface area contributed by atoms with Crippen LogP contribution in [0.15, 0.2) is 48.5 Å². The van der Waals surface area contributed by atoms with Gasteiger partial charge < -0.3 is 0 Å². The number of pyridine rings is 2. The van der Waals surface area contributed by atoms with Crippen molar-refractivity contribution in [3.05, 3.63) is 71.2 Å². The van der Waals surface area contributed by atoms with Gasteiger partial charge >= 0.3 is 12.4 Å². The number of rotatable bonds is 2. The molecule has 0 saturated carbocycles. The van der Waals surface area contributed by atoms with Crippen LogP contribution in [-0.4, -0.2) is 19.6 Å². The topological polar surface area (TPSA) is 43.1 Å². The molecule has 0 N–H and O–H groups in total. The fourth-order valence-corrected chi connectivity index (χ4v) is 2.89. The smallest absolute Gasteiger partial charge is 0.259 e. The Morgan fingerprint density at radius 1 is 0.793 bits per heavy atom. The maximum Gasteiger partial charge on any atom is 0.433 e. The molecule has 10 heteroatoms. The van der Waals surface area contributed by atoms with Crippen LogP contribution in [-0.2, 0) is 12.4 Å². The summed E-state index contributed by atoms with van der Waals surface area (Å²) >= 11 is 0. The van der Waals surface area contributed by atoms with Crippen LogP contribution in [0.3, 0.4) is 0 Å². The molecule has 0 spiro atoms. The Labute approximate surface area is 159 Å². The third-order valence-electron chi connectivity index (χ3n) is 4.18. The predicted octanol–water partition coefficient (Wildman–Crippen LogP) is 5.49. The first-order chi connectivity index (χ1) is 13.6. The normalized spacial score (nSPS) is 13.0. The van der Waals surface area contributed by atoms with Gasteiger partial charge in [-0.15, -0.1) is 10.2 Å². The van der Waals surface area contributed by atoms with Crippen LogP contribution in [0.1, 0.15) is 22.6 Å². The summed E-state index contributed by atoms with van der Waals surface area (Å²) in [7, 11) is 0. The number of hydrogen-bond acceptors (Lipinski definition) is 3. The maximum atomic E-state index is 13.4. The number of halogens is 6. The summed E-state index contributed by atoms with van der Waals surface area (Å²) in [5.74, 6) is 0.0504. The molecule has 29 heavy (non-hydrogen) atoms. The molecule has 0 saturated heterocycles. The van der Waals surface area contributed by atoms with Crippen LogP contribution in [0, 0.1) is 0 Å². The summed E-state index contributed by atoms with van der Waals surface area (Å²) < 4.78 is 81.0. The Bertz CT molecular complexity index is 1220. The van der Waals surface area contributed by atoms with Crippen molar-refractivity contribution in [2.24, 2.45) is 0 Å². The van der Waals surface area contributed by atoms with Crippen molar-refractivity contribution >= 4 is 28.8 Å². The highest BCUT2D eigenvalue weighted by molar-refractivity contribution is 5.84. The second kappa shape index (κ2) is 6.57. The Morgan fingerprint density at radius 3 is 2.17 bits per heavy atom. The van der Waals surface area contributed by atoms with E-state index >= 15 is 0 Å². The lowest BCUT2D eigenvalue weighted by Gasteiger charge is -2.14. The number of fused-ring (bicyclic) bond motifs is 3. The van der Waals surface area contributed by atoms with E-state index in [9.17, 15) is 26.3 Å². The maximum absolute atomic E-state index is 13.4. The van der Waals surface area contributed by atoms with Gasteiger partial charge in [0.1, 0.15) is 11.3 Å². The van der Waals surface area contributed by atoms with Gasteiger partial charge in [-0.2, -0.15) is 26.3 Å². The van der Waals surface area contributed by atoms with Crippen molar-refractivity contribution in [2.45, 2.75) is 12.4 Å². The zero-order valence-corrected chi connectivity index (χ0v) is 14.3. The number of benzene rings is 1. The quantitative estimate of drug-likeness (QED) is 0.412. The third kappa shape index (κ3) is 3.53. The van der Waals surface area contributed by atoms with Gasteiger partial charge in [-0.25, -0.2) is 4.98 Å². The Morgan fingerprint density at radius 2 is 1.52 bits per heavy atom. The molecule has 0 atom stereocenters. The van der Waals surface area contributed by atoms with Gasteiger partial charge in [0.15, 0.2) is 11.5 Å². The SMILES string of the molecule is FC(F)(F)c1cc(C(F)(F)F)c2ccc3nnc(/C=C/c4ccccc4)n3c2n1. The third-order valence-corrected chi connectivity index (χ3v) is 4.18. The molecule has 148 valence electrons. The first-order valence-corrected chi connectivity index (χ1v) is 8.21. The van der Waals surface area contributed by atoms with E-state index in [1.54, 1.807) is 36.4 Å². The second-order valence-electron chi connectivity index (χ2n) is 6.12. The van der Waals surface area contributed by atoms with Crippen molar-refractivity contribution in [3.63, 3.8) is 0 Å². The molecule has 0 aliphatic rings. The number of aromatic nitrogens is 4. The minimum absolute atomic E-state index is 0.0119. The molecule has 4 nitrogen and oxygen atoms in total. The van der Waals surface area contributed by atoms with Crippen molar-refractivity contribution in [1.29, 1.82) is 0 Å². The van der Waals surface area contributed by atoms with Crippen molar-refractivity contribution in [1.82, 2.24) is 19.6 Å². The van der Waals surface area contributed by atoms with Crippen LogP contribution in [0.4, 0.5) is 26.3 Å². The first kappa shape index (κ1) is 18.9. The van der Waals surface area contributed by atoms with E-state index in [0.29, 0.717) is 0 Å². The summed E-state index contributed by atoms with van der Waals surface area (Å²) in [5.41, 5.74) is -2.75. The summed E-state index contributed by atoms with van der Waals surface area (Å²) in [5, 5.41) is 7.21. The molecular weight excluding hydrogens is 398 g/mol. The highest BCUT2D eigenvalue weighted by Gasteiger charge is 2.39. The molecule has 0 fully saturated rings. The summed E-state index contributed by atoms with van der Waals surface area (Å²) in [4.78, 5) is 3.46. The van der Waals surface area contributed by atoms with Crippen molar-refractivity contribution in [3.8, 4) is 0 Å². The molecule has 0 aliphatic carbocycles. The molecule has 0 bridgehead atoms. The highest BCUT2D eigenvalue weighted by Crippen LogP contribution is 2.38. The molecule has 0 amide bonds. The van der Waals surface area contributed by atoms with Gasteiger partial charge in [-0.05, 0) is 29.8 Å². The zero-order valence-electron chi connectivity index (χ0n) is 14.3. The largest absolute Gasteiger partial charge is 0.433 e. The van der Waals surface area contributed by atoms with E-state index in [-0.39, 0.29) is 17.5 Å². The Balaban J connectivity index is 2.01. The monoisotopic (exact) mass is 408 g/mol. The minimum Gasteiger partial charge on any atom is -0.259 e. The molecule has 4 rings (SSSR count). The second-order valence-corrected chi connectivity index (χ2v) is 6.12. The lowest BCUT2D eigenvalue weighted by Crippen LogP contribution is -2.14. The van der Waals surface area contributed by atoms with Gasteiger partial charge in [0.25, 0.3) is 0 Å². The van der Waals surface area contributed by atoms with Crippen LogP contribution in [0.2, 0.25) is 0 Å². The summed E-state index contributed by atoms with van der Waals surface area (Å²) in [6.45, 7) is 0. The van der Waals surface area contributed by atoms with Crippen LogP contribution in [0.25, 0.3) is 28.8 Å². The molecule has 3 aromatic heterocycles. The van der Waals surface area contributed by atoms with E-state index in [0.717, 1.165) is 16.0 Å². The molecular formula is C19H10F6N4. The molecule has 0 unspecified atom stereocenters. The van der Waals surface area contributed by atoms with Crippen LogP contribution in [0.5, 0.6) is 0 Å². The molecule has 4 aromatic rings. The lowest BCUT2D eigenvalue weighted by molar-refractivity contribution is -0.144. The fraction of sp³-hybridized carbons (Fsp3) is 0.105. The number of alkyl halides is 6. The molecule has 0 aliphatic heterocycles. The molecule has 1 aromatic carbocycles. The lowest BCUT2D eigenvalue weighted by atomic mass is 10.1. The Kier molecular flexibility index (Phi) is 4.29. The van der Waals surface area contributed by atoms with E-state index in [1.807, 2.05) is 0 Å². The van der Waals surface area contributed by atoms with Gasteiger partial charge in [0.2, 0.25) is 0 Å². The van der Waals surface area contributed by atoms with E-state index in [1.165, 1.54) is 12.1 Å². The minimum atomic E-state index is -5.05. The number of nitrogens with zero attached hydrogens (tertiary/aromatic N) is 4. The van der Waals surface area contributed by atoms with Gasteiger partial charge in [0, 0.05) is 5.39 Å². The van der Waals surface area contributed by atoms with Crippen LogP contribution < -0.4 is 0 Å². The highest BCUT2D eigenvalue weighted by atomic mass is 19.4. The van der Waals surface area contributed by atoms with Crippen LogP contribution >= 0.6 is 0 Å². The average molecular weight is 408 g/mol. The van der Waals surface area contributed by atoms with Crippen molar-refractivity contribution in [2.75, 3.05) is 0 Å². The van der Waals surface area contributed by atoms with Gasteiger partial charge in [0.05, 0.1) is 5.56 Å². The van der Waals surface area contributed by atoms with E-state index in [2.05, 4.69) is 15.2 Å². The molecule has 3 heterocycles. The summed E-state index contributed by atoms with van der Waals surface area (Å²) in [6.07, 6.45) is -6.98. The predicted molar refractivity (Wildman–Crippen MR) is 93.7 cm³/mol.